The van der Waals surface area contributed by atoms with Gasteiger partial charge in [0.25, 0.3) is 11.6 Å². The van der Waals surface area contributed by atoms with E-state index in [9.17, 15) is 19.7 Å². The van der Waals surface area contributed by atoms with Crippen LogP contribution in [0.5, 0.6) is 5.75 Å². The predicted octanol–water partition coefficient (Wildman–Crippen LogP) is 4.23. The number of carbonyl (C=O) groups excluding carboxylic acids is 2. The lowest BCUT2D eigenvalue weighted by Crippen LogP contribution is -2.18. The fraction of sp³-hybridized carbons (Fsp3) is 0. The molecule has 0 aromatic heterocycles. The van der Waals surface area contributed by atoms with Gasteiger partial charge in [-0.2, -0.15) is 5.10 Å². The van der Waals surface area contributed by atoms with Crippen LogP contribution < -0.4 is 10.2 Å². The van der Waals surface area contributed by atoms with E-state index in [0.29, 0.717) is 21.9 Å². The van der Waals surface area contributed by atoms with Crippen molar-refractivity contribution in [1.82, 2.24) is 5.43 Å². The van der Waals surface area contributed by atoms with Crippen molar-refractivity contribution in [2.75, 3.05) is 0 Å². The molecule has 0 aliphatic heterocycles. The molecule has 0 fully saturated rings. The second-order valence-corrected chi connectivity index (χ2v) is 6.38. The van der Waals surface area contributed by atoms with Gasteiger partial charge in [0.15, 0.2) is 0 Å². The van der Waals surface area contributed by atoms with Gasteiger partial charge in [0.1, 0.15) is 11.3 Å². The average Bonchev–Trinajstić information content (AvgIpc) is 2.75. The second kappa shape index (κ2) is 9.44. The summed E-state index contributed by atoms with van der Waals surface area (Å²) in [5.74, 6) is -0.895. The van der Waals surface area contributed by atoms with Crippen molar-refractivity contribution < 1.29 is 19.2 Å². The number of nitro benzene ring substituents is 1. The molecule has 0 aliphatic carbocycles. The summed E-state index contributed by atoms with van der Waals surface area (Å²) in [7, 11) is 0. The fourth-order valence-electron chi connectivity index (χ4n) is 2.42. The van der Waals surface area contributed by atoms with Crippen molar-refractivity contribution in [3.05, 3.63) is 105 Å². The van der Waals surface area contributed by atoms with Crippen molar-refractivity contribution in [3.8, 4) is 5.75 Å². The Bertz CT molecular complexity index is 1110. The molecule has 0 spiro atoms. The molecule has 1 N–H and O–H groups in total. The number of amides is 1. The van der Waals surface area contributed by atoms with Gasteiger partial charge in [-0.25, -0.2) is 10.2 Å². The third-order valence-electron chi connectivity index (χ3n) is 3.90. The van der Waals surface area contributed by atoms with E-state index in [4.69, 9.17) is 16.3 Å². The molecule has 0 heterocycles. The summed E-state index contributed by atoms with van der Waals surface area (Å²) in [5, 5.41) is 15.3. The second-order valence-electron chi connectivity index (χ2n) is 5.94. The Morgan fingerprint density at radius 2 is 1.67 bits per heavy atom. The number of rotatable bonds is 6. The Labute approximate surface area is 175 Å². The number of benzene rings is 3. The van der Waals surface area contributed by atoms with E-state index in [1.54, 1.807) is 48.5 Å². The highest BCUT2D eigenvalue weighted by molar-refractivity contribution is 6.30. The van der Waals surface area contributed by atoms with Gasteiger partial charge < -0.3 is 4.74 Å². The number of nitrogens with zero attached hydrogens (tertiary/aromatic N) is 2. The molecule has 0 aliphatic rings. The third kappa shape index (κ3) is 5.27. The first kappa shape index (κ1) is 20.7. The number of nitro groups is 1. The third-order valence-corrected chi connectivity index (χ3v) is 4.15. The molecule has 3 aromatic carbocycles. The maximum absolute atomic E-state index is 12.1. The van der Waals surface area contributed by atoms with Gasteiger partial charge in [-0.05, 0) is 60.2 Å². The number of halogens is 1. The summed E-state index contributed by atoms with van der Waals surface area (Å²) in [5.41, 5.74) is 2.82. The Hall–Kier alpha value is -4.04. The average molecular weight is 424 g/mol. The number of carbonyl (C=O) groups is 2. The van der Waals surface area contributed by atoms with Gasteiger partial charge in [0, 0.05) is 11.1 Å². The van der Waals surface area contributed by atoms with Crippen LogP contribution in [0.3, 0.4) is 0 Å². The van der Waals surface area contributed by atoms with E-state index in [0.717, 1.165) is 0 Å². The highest BCUT2D eigenvalue weighted by Crippen LogP contribution is 2.17. The number of esters is 1. The summed E-state index contributed by atoms with van der Waals surface area (Å²) >= 11 is 5.79. The molecular weight excluding hydrogens is 410 g/mol. The lowest BCUT2D eigenvalue weighted by atomic mass is 10.2. The van der Waals surface area contributed by atoms with Crippen LogP contribution in [-0.4, -0.2) is 23.0 Å². The van der Waals surface area contributed by atoms with Gasteiger partial charge in [-0.3, -0.25) is 14.9 Å². The number of nitrogens with one attached hydrogen (secondary N) is 1. The van der Waals surface area contributed by atoms with Gasteiger partial charge >= 0.3 is 5.97 Å². The molecular formula is C21H14ClN3O5. The largest absolute Gasteiger partial charge is 0.423 e. The van der Waals surface area contributed by atoms with Crippen LogP contribution in [0.2, 0.25) is 5.02 Å². The topological polar surface area (TPSA) is 111 Å². The molecule has 150 valence electrons. The van der Waals surface area contributed by atoms with Gasteiger partial charge in [0.05, 0.1) is 16.7 Å². The molecule has 0 atom stereocenters. The van der Waals surface area contributed by atoms with E-state index in [2.05, 4.69) is 10.5 Å². The molecule has 0 saturated carbocycles. The van der Waals surface area contributed by atoms with Crippen LogP contribution in [0.4, 0.5) is 5.69 Å². The van der Waals surface area contributed by atoms with Crippen molar-refractivity contribution in [2.45, 2.75) is 0 Å². The molecule has 8 nitrogen and oxygen atoms in total. The molecule has 1 amide bonds. The lowest BCUT2D eigenvalue weighted by molar-refractivity contribution is -0.385. The van der Waals surface area contributed by atoms with Crippen LogP contribution in [0.25, 0.3) is 0 Å². The zero-order valence-electron chi connectivity index (χ0n) is 15.3. The quantitative estimate of drug-likeness (QED) is 0.210. The monoisotopic (exact) mass is 423 g/mol. The Morgan fingerprint density at radius 1 is 1.00 bits per heavy atom. The molecule has 0 radical (unpaired) electrons. The van der Waals surface area contributed by atoms with Crippen LogP contribution in [0.1, 0.15) is 26.3 Å². The van der Waals surface area contributed by atoms with E-state index in [1.807, 2.05) is 0 Å². The fourth-order valence-corrected chi connectivity index (χ4v) is 2.55. The Kier molecular flexibility index (Phi) is 6.51. The minimum absolute atomic E-state index is 0.0934. The highest BCUT2D eigenvalue weighted by Gasteiger charge is 2.18. The standard InChI is InChI=1S/C21H14ClN3O5/c22-16-9-7-15(8-10-16)21(27)30-17-11-5-14(6-12-17)13-23-24-20(26)18-3-1-2-4-19(18)25(28)29/h1-13H,(H,24,26)/b23-13-. The molecule has 0 unspecified atom stereocenters. The van der Waals surface area contributed by atoms with Crippen molar-refractivity contribution in [1.29, 1.82) is 0 Å². The summed E-state index contributed by atoms with van der Waals surface area (Å²) in [6.45, 7) is 0. The van der Waals surface area contributed by atoms with Crippen LogP contribution in [0.15, 0.2) is 77.9 Å². The zero-order chi connectivity index (χ0) is 21.5. The minimum atomic E-state index is -0.702. The first-order valence-electron chi connectivity index (χ1n) is 8.58. The number of ether oxygens (including phenoxy) is 1. The first-order chi connectivity index (χ1) is 14.4. The molecule has 30 heavy (non-hydrogen) atoms. The molecule has 0 bridgehead atoms. The maximum atomic E-state index is 12.1. The van der Waals surface area contributed by atoms with Crippen molar-refractivity contribution in [3.63, 3.8) is 0 Å². The van der Waals surface area contributed by atoms with Crippen LogP contribution in [0, 0.1) is 10.1 Å². The normalized spacial score (nSPS) is 10.6. The van der Waals surface area contributed by atoms with Crippen molar-refractivity contribution >= 4 is 35.4 Å². The maximum Gasteiger partial charge on any atom is 0.343 e. The molecule has 3 rings (SSSR count). The summed E-state index contributed by atoms with van der Waals surface area (Å²) in [6, 6.07) is 18.3. The van der Waals surface area contributed by atoms with E-state index in [1.165, 1.54) is 30.5 Å². The highest BCUT2D eigenvalue weighted by atomic mass is 35.5. The summed E-state index contributed by atoms with van der Waals surface area (Å²) in [4.78, 5) is 34.5. The van der Waals surface area contributed by atoms with Gasteiger partial charge in [0.2, 0.25) is 0 Å². The van der Waals surface area contributed by atoms with Crippen LogP contribution >= 0.6 is 11.6 Å². The van der Waals surface area contributed by atoms with Crippen molar-refractivity contribution in [2.24, 2.45) is 5.10 Å². The summed E-state index contributed by atoms with van der Waals surface area (Å²) < 4.78 is 5.27. The molecule has 3 aromatic rings. The first-order valence-corrected chi connectivity index (χ1v) is 8.96. The van der Waals surface area contributed by atoms with Crippen LogP contribution in [-0.2, 0) is 0 Å². The lowest BCUT2D eigenvalue weighted by Gasteiger charge is -2.05. The number of para-hydroxylation sites is 1. The van der Waals surface area contributed by atoms with E-state index in [-0.39, 0.29) is 11.3 Å². The smallest absolute Gasteiger partial charge is 0.343 e. The van der Waals surface area contributed by atoms with Gasteiger partial charge in [-0.1, -0.05) is 23.7 Å². The predicted molar refractivity (Wildman–Crippen MR) is 111 cm³/mol. The minimum Gasteiger partial charge on any atom is -0.423 e. The molecule has 9 heteroatoms. The van der Waals surface area contributed by atoms with Gasteiger partial charge in [-0.15, -0.1) is 0 Å². The summed E-state index contributed by atoms with van der Waals surface area (Å²) in [6.07, 6.45) is 1.36. The SMILES string of the molecule is O=C(Oc1ccc(/C=N\NC(=O)c2ccccc2[N+](=O)[O-])cc1)c1ccc(Cl)cc1. The van der Waals surface area contributed by atoms with E-state index < -0.39 is 16.8 Å². The van der Waals surface area contributed by atoms with E-state index >= 15 is 0 Å². The number of hydrazone groups is 1. The Balaban J connectivity index is 1.60. The zero-order valence-corrected chi connectivity index (χ0v) is 16.1. The Morgan fingerprint density at radius 3 is 2.33 bits per heavy atom. The number of hydrogen-bond donors (Lipinski definition) is 1. The molecule has 0 saturated heterocycles. The number of hydrogen-bond acceptors (Lipinski definition) is 6.